The number of fused-ring (bicyclic) bond motifs is 1. The molecule has 2 nitrogen and oxygen atoms in total. The van der Waals surface area contributed by atoms with Crippen molar-refractivity contribution in [1.82, 2.24) is 4.90 Å². The fourth-order valence-corrected chi connectivity index (χ4v) is 3.83. The van der Waals surface area contributed by atoms with Crippen LogP contribution in [0.2, 0.25) is 0 Å². The van der Waals surface area contributed by atoms with Gasteiger partial charge >= 0.3 is 0 Å². The number of hydrogen-bond acceptors (Lipinski definition) is 3. The Hall–Kier alpha value is -1.74. The van der Waals surface area contributed by atoms with Crippen LogP contribution >= 0.6 is 11.3 Å². The van der Waals surface area contributed by atoms with Crippen molar-refractivity contribution in [2.24, 2.45) is 0 Å². The molecule has 0 amide bonds. The maximum absolute atomic E-state index is 5.74. The van der Waals surface area contributed by atoms with E-state index >= 15 is 0 Å². The van der Waals surface area contributed by atoms with Crippen LogP contribution in [0.3, 0.4) is 0 Å². The Morgan fingerprint density at radius 3 is 2.68 bits per heavy atom. The molecule has 22 heavy (non-hydrogen) atoms. The van der Waals surface area contributed by atoms with E-state index in [1.807, 2.05) is 11.3 Å². The van der Waals surface area contributed by atoms with E-state index in [2.05, 4.69) is 62.3 Å². The molecule has 3 heteroatoms. The summed E-state index contributed by atoms with van der Waals surface area (Å²) in [7, 11) is 4.23. The Kier molecular flexibility index (Phi) is 4.53. The number of benzene rings is 1. The lowest BCUT2D eigenvalue weighted by molar-refractivity contribution is 0.318. The van der Waals surface area contributed by atoms with Crippen LogP contribution in [0, 0.1) is 0 Å². The van der Waals surface area contributed by atoms with Crippen LogP contribution in [-0.4, -0.2) is 25.6 Å². The zero-order valence-corrected chi connectivity index (χ0v) is 14.4. The molecular weight excluding hydrogens is 290 g/mol. The average Bonchev–Trinajstić information content (AvgIpc) is 2.96. The molecule has 1 aliphatic rings. The summed E-state index contributed by atoms with van der Waals surface area (Å²) in [5.41, 5.74) is 2.85. The molecule has 0 saturated carbocycles. The number of rotatable bonds is 5. The standard InChI is InChI=1S/C19H23NOS/c1-4-11-21-17-10-7-15-12-18(22-19(15)13-17)14-5-8-16(9-6-14)20(2)3/h5,7-8,10,12-13H,4,6,9,11H2,1-3H3. The SMILES string of the molecule is CCCOc1ccc2cc(C3=CC=C(N(C)C)CC3)sc2c1. The third-order valence-electron chi connectivity index (χ3n) is 3.98. The zero-order chi connectivity index (χ0) is 15.5. The average molecular weight is 313 g/mol. The van der Waals surface area contributed by atoms with Gasteiger partial charge in [0.05, 0.1) is 6.61 Å². The summed E-state index contributed by atoms with van der Waals surface area (Å²) in [5, 5.41) is 1.31. The molecule has 1 heterocycles. The van der Waals surface area contributed by atoms with E-state index in [1.165, 1.54) is 26.2 Å². The lowest BCUT2D eigenvalue weighted by atomic mass is 10.0. The van der Waals surface area contributed by atoms with Crippen LogP contribution < -0.4 is 4.74 Å². The predicted octanol–water partition coefficient (Wildman–Crippen LogP) is 5.31. The van der Waals surface area contributed by atoms with Gasteiger partial charge in [-0.15, -0.1) is 11.3 Å². The van der Waals surface area contributed by atoms with Gasteiger partial charge in [0.15, 0.2) is 0 Å². The lowest BCUT2D eigenvalue weighted by Gasteiger charge is -2.20. The highest BCUT2D eigenvalue weighted by molar-refractivity contribution is 7.20. The first-order chi connectivity index (χ1) is 10.7. The molecule has 2 aromatic rings. The third kappa shape index (κ3) is 3.20. The van der Waals surface area contributed by atoms with Gasteiger partial charge in [0.25, 0.3) is 0 Å². The summed E-state index contributed by atoms with van der Waals surface area (Å²) in [6.07, 6.45) is 7.81. The van der Waals surface area contributed by atoms with E-state index in [4.69, 9.17) is 4.74 Å². The van der Waals surface area contributed by atoms with Gasteiger partial charge in [-0.25, -0.2) is 0 Å². The topological polar surface area (TPSA) is 12.5 Å². The molecule has 0 radical (unpaired) electrons. The highest BCUT2D eigenvalue weighted by Crippen LogP contribution is 2.36. The molecule has 0 saturated heterocycles. The van der Waals surface area contributed by atoms with Gasteiger partial charge in [0.2, 0.25) is 0 Å². The quantitative estimate of drug-likeness (QED) is 0.741. The van der Waals surface area contributed by atoms with Crippen LogP contribution in [0.25, 0.3) is 15.7 Å². The maximum atomic E-state index is 5.74. The Balaban J connectivity index is 1.86. The van der Waals surface area contributed by atoms with Gasteiger partial charge in [0.1, 0.15) is 5.75 Å². The van der Waals surface area contributed by atoms with E-state index in [9.17, 15) is 0 Å². The zero-order valence-electron chi connectivity index (χ0n) is 13.6. The summed E-state index contributed by atoms with van der Waals surface area (Å²) in [5.74, 6) is 0.982. The largest absolute Gasteiger partial charge is 0.494 e. The van der Waals surface area contributed by atoms with Crippen LogP contribution in [-0.2, 0) is 0 Å². The molecule has 1 aromatic heterocycles. The Morgan fingerprint density at radius 1 is 1.14 bits per heavy atom. The Bertz CT molecular complexity index is 724. The minimum atomic E-state index is 0.785. The van der Waals surface area contributed by atoms with Crippen molar-refractivity contribution in [2.75, 3.05) is 20.7 Å². The first kappa shape index (κ1) is 15.2. The van der Waals surface area contributed by atoms with Crippen molar-refractivity contribution in [3.8, 4) is 5.75 Å². The molecule has 116 valence electrons. The van der Waals surface area contributed by atoms with Crippen LogP contribution in [0.5, 0.6) is 5.75 Å². The van der Waals surface area contributed by atoms with Gasteiger partial charge < -0.3 is 9.64 Å². The summed E-state index contributed by atoms with van der Waals surface area (Å²) in [4.78, 5) is 3.59. The molecule has 0 unspecified atom stereocenters. The molecule has 0 spiro atoms. The highest BCUT2D eigenvalue weighted by Gasteiger charge is 2.12. The molecule has 1 aliphatic carbocycles. The fraction of sp³-hybridized carbons (Fsp3) is 0.368. The monoisotopic (exact) mass is 313 g/mol. The van der Waals surface area contributed by atoms with Gasteiger partial charge in [0, 0.05) is 29.4 Å². The maximum Gasteiger partial charge on any atom is 0.120 e. The minimum Gasteiger partial charge on any atom is -0.494 e. The van der Waals surface area contributed by atoms with Crippen molar-refractivity contribution in [2.45, 2.75) is 26.2 Å². The number of thiophene rings is 1. The van der Waals surface area contributed by atoms with Gasteiger partial charge in [-0.3, -0.25) is 0 Å². The summed E-state index contributed by atoms with van der Waals surface area (Å²) in [6.45, 7) is 2.92. The second kappa shape index (κ2) is 6.57. The number of ether oxygens (including phenoxy) is 1. The van der Waals surface area contributed by atoms with E-state index in [0.717, 1.165) is 31.6 Å². The lowest BCUT2D eigenvalue weighted by Crippen LogP contribution is -2.12. The fourth-order valence-electron chi connectivity index (χ4n) is 2.68. The van der Waals surface area contributed by atoms with Crippen molar-refractivity contribution < 1.29 is 4.74 Å². The predicted molar refractivity (Wildman–Crippen MR) is 96.6 cm³/mol. The van der Waals surface area contributed by atoms with E-state index in [0.29, 0.717) is 0 Å². The molecule has 0 atom stereocenters. The number of hydrogen-bond donors (Lipinski definition) is 0. The third-order valence-corrected chi connectivity index (χ3v) is 5.16. The highest BCUT2D eigenvalue weighted by atomic mass is 32.1. The first-order valence-corrected chi connectivity index (χ1v) is 8.73. The van der Waals surface area contributed by atoms with Crippen LogP contribution in [0.1, 0.15) is 31.1 Å². The smallest absolute Gasteiger partial charge is 0.120 e. The van der Waals surface area contributed by atoms with Gasteiger partial charge in [-0.05, 0) is 60.6 Å². The summed E-state index contributed by atoms with van der Waals surface area (Å²) < 4.78 is 7.05. The second-order valence-electron chi connectivity index (χ2n) is 5.90. The van der Waals surface area contributed by atoms with E-state index in [-0.39, 0.29) is 0 Å². The summed E-state index contributed by atoms with van der Waals surface area (Å²) >= 11 is 1.87. The van der Waals surface area contributed by atoms with Crippen LogP contribution in [0.15, 0.2) is 42.1 Å². The van der Waals surface area contributed by atoms with Crippen molar-refractivity contribution in [3.63, 3.8) is 0 Å². The molecular formula is C19H23NOS. The van der Waals surface area contributed by atoms with Crippen LogP contribution in [0.4, 0.5) is 0 Å². The van der Waals surface area contributed by atoms with E-state index in [1.54, 1.807) is 0 Å². The molecule has 0 bridgehead atoms. The van der Waals surface area contributed by atoms with Gasteiger partial charge in [-0.2, -0.15) is 0 Å². The molecule has 0 aliphatic heterocycles. The van der Waals surface area contributed by atoms with Crippen molar-refractivity contribution in [1.29, 1.82) is 0 Å². The molecule has 0 fully saturated rings. The Labute approximate surface area is 136 Å². The van der Waals surface area contributed by atoms with Crippen molar-refractivity contribution in [3.05, 3.63) is 47.0 Å². The normalized spacial score (nSPS) is 14.7. The Morgan fingerprint density at radius 2 is 2.00 bits per heavy atom. The number of allylic oxidation sites excluding steroid dienone is 4. The molecule has 0 N–H and O–H groups in total. The van der Waals surface area contributed by atoms with E-state index < -0.39 is 0 Å². The van der Waals surface area contributed by atoms with Crippen molar-refractivity contribution >= 4 is 27.0 Å². The minimum absolute atomic E-state index is 0.785. The first-order valence-electron chi connectivity index (χ1n) is 7.91. The second-order valence-corrected chi connectivity index (χ2v) is 6.99. The molecule has 3 rings (SSSR count). The number of nitrogens with zero attached hydrogens (tertiary/aromatic N) is 1. The summed E-state index contributed by atoms with van der Waals surface area (Å²) in [6, 6.07) is 8.73. The molecule has 1 aromatic carbocycles. The van der Waals surface area contributed by atoms with Gasteiger partial charge in [-0.1, -0.05) is 13.0 Å².